The standard InChI is InChI=1S/C10H14BrN3O3/c1-3-14(4-2)10(16)13-12-9(15)7-5-6-8(11)17-7/h5-6H,3-4H2,1-2H3,(H,12,15)(H,13,16). The third-order valence-electron chi connectivity index (χ3n) is 2.13. The number of nitrogens with one attached hydrogen (secondary N) is 2. The summed E-state index contributed by atoms with van der Waals surface area (Å²) in [5.74, 6) is -0.382. The van der Waals surface area contributed by atoms with Gasteiger partial charge in [0, 0.05) is 13.1 Å². The van der Waals surface area contributed by atoms with Crippen molar-refractivity contribution in [3.63, 3.8) is 0 Å². The van der Waals surface area contributed by atoms with Crippen LogP contribution in [-0.2, 0) is 0 Å². The van der Waals surface area contributed by atoms with Crippen LogP contribution in [0.15, 0.2) is 21.2 Å². The normalized spacial score (nSPS) is 9.82. The van der Waals surface area contributed by atoms with E-state index in [9.17, 15) is 9.59 Å². The molecule has 0 fully saturated rings. The maximum absolute atomic E-state index is 11.5. The molecule has 3 amide bonds. The van der Waals surface area contributed by atoms with Crippen molar-refractivity contribution >= 4 is 27.9 Å². The van der Waals surface area contributed by atoms with E-state index in [0.717, 1.165) is 0 Å². The number of amides is 3. The molecule has 1 heterocycles. The fraction of sp³-hybridized carbons (Fsp3) is 0.400. The first kappa shape index (κ1) is 13.6. The van der Waals surface area contributed by atoms with Crippen LogP contribution in [-0.4, -0.2) is 29.9 Å². The van der Waals surface area contributed by atoms with Gasteiger partial charge in [-0.05, 0) is 41.9 Å². The Labute approximate surface area is 107 Å². The minimum atomic E-state index is -0.504. The summed E-state index contributed by atoms with van der Waals surface area (Å²) in [4.78, 5) is 24.5. The number of urea groups is 1. The van der Waals surface area contributed by atoms with Crippen molar-refractivity contribution in [2.75, 3.05) is 13.1 Å². The quantitative estimate of drug-likeness (QED) is 0.835. The van der Waals surface area contributed by atoms with Gasteiger partial charge >= 0.3 is 11.9 Å². The van der Waals surface area contributed by atoms with Crippen LogP contribution in [0.3, 0.4) is 0 Å². The van der Waals surface area contributed by atoms with Crippen molar-refractivity contribution in [2.24, 2.45) is 0 Å². The van der Waals surface area contributed by atoms with Gasteiger partial charge in [-0.3, -0.25) is 10.2 Å². The molecule has 0 radical (unpaired) electrons. The Hall–Kier alpha value is -1.50. The molecule has 0 aliphatic heterocycles. The zero-order valence-corrected chi connectivity index (χ0v) is 11.2. The number of carbonyl (C=O) groups excluding carboxylic acids is 2. The molecular weight excluding hydrogens is 290 g/mol. The van der Waals surface area contributed by atoms with Gasteiger partial charge < -0.3 is 9.32 Å². The monoisotopic (exact) mass is 303 g/mol. The lowest BCUT2D eigenvalue weighted by atomic mass is 10.4. The average Bonchev–Trinajstić information content (AvgIpc) is 2.74. The van der Waals surface area contributed by atoms with Crippen LogP contribution in [0.25, 0.3) is 0 Å². The first-order valence-corrected chi connectivity index (χ1v) is 5.98. The van der Waals surface area contributed by atoms with E-state index >= 15 is 0 Å². The number of carbonyl (C=O) groups is 2. The number of hydrazine groups is 1. The largest absolute Gasteiger partial charge is 0.444 e. The SMILES string of the molecule is CCN(CC)C(=O)NNC(=O)c1ccc(Br)o1. The van der Waals surface area contributed by atoms with Gasteiger partial charge in [0.2, 0.25) is 0 Å². The molecule has 1 rings (SSSR count). The second kappa shape index (κ2) is 6.29. The lowest BCUT2D eigenvalue weighted by Gasteiger charge is -2.18. The van der Waals surface area contributed by atoms with Gasteiger partial charge in [-0.15, -0.1) is 0 Å². The number of rotatable bonds is 3. The number of hydrogen-bond acceptors (Lipinski definition) is 3. The maximum atomic E-state index is 11.5. The molecule has 0 bridgehead atoms. The van der Waals surface area contributed by atoms with Crippen LogP contribution >= 0.6 is 15.9 Å². The van der Waals surface area contributed by atoms with Gasteiger partial charge in [-0.25, -0.2) is 10.2 Å². The molecule has 0 aliphatic rings. The molecule has 1 aromatic heterocycles. The Morgan fingerprint density at radius 2 is 1.94 bits per heavy atom. The smallest absolute Gasteiger partial charge is 0.336 e. The molecule has 6 nitrogen and oxygen atoms in total. The third-order valence-corrected chi connectivity index (χ3v) is 2.56. The first-order valence-electron chi connectivity index (χ1n) is 5.19. The molecule has 2 N–H and O–H groups in total. The Balaban J connectivity index is 2.46. The van der Waals surface area contributed by atoms with E-state index in [1.807, 2.05) is 13.8 Å². The predicted molar refractivity (Wildman–Crippen MR) is 65.3 cm³/mol. The Bertz CT molecular complexity index is 401. The molecule has 0 atom stereocenters. The van der Waals surface area contributed by atoms with Gasteiger partial charge in [0.15, 0.2) is 10.4 Å². The number of nitrogens with zero attached hydrogens (tertiary/aromatic N) is 1. The number of halogens is 1. The van der Waals surface area contributed by atoms with Crippen molar-refractivity contribution < 1.29 is 14.0 Å². The summed E-state index contributed by atoms with van der Waals surface area (Å²) >= 11 is 3.08. The summed E-state index contributed by atoms with van der Waals surface area (Å²) in [6, 6.07) is 2.75. The van der Waals surface area contributed by atoms with Crippen LogP contribution in [0.4, 0.5) is 4.79 Å². The van der Waals surface area contributed by atoms with Crippen LogP contribution in [0.5, 0.6) is 0 Å². The van der Waals surface area contributed by atoms with E-state index in [0.29, 0.717) is 17.8 Å². The van der Waals surface area contributed by atoms with Gasteiger partial charge in [-0.1, -0.05) is 0 Å². The Morgan fingerprint density at radius 3 is 2.41 bits per heavy atom. The molecule has 7 heteroatoms. The highest BCUT2D eigenvalue weighted by molar-refractivity contribution is 9.10. The van der Waals surface area contributed by atoms with E-state index in [2.05, 4.69) is 26.8 Å². The molecule has 1 aromatic rings. The molecular formula is C10H14BrN3O3. The predicted octanol–water partition coefficient (Wildman–Crippen LogP) is 1.74. The van der Waals surface area contributed by atoms with Crippen LogP contribution < -0.4 is 10.9 Å². The van der Waals surface area contributed by atoms with Crippen molar-refractivity contribution in [2.45, 2.75) is 13.8 Å². The van der Waals surface area contributed by atoms with Gasteiger partial charge in [0.05, 0.1) is 0 Å². The molecule has 94 valence electrons. The molecule has 0 spiro atoms. The fourth-order valence-electron chi connectivity index (χ4n) is 1.20. The van der Waals surface area contributed by atoms with E-state index in [-0.39, 0.29) is 11.8 Å². The van der Waals surface area contributed by atoms with Crippen molar-refractivity contribution in [1.29, 1.82) is 0 Å². The molecule has 0 saturated carbocycles. The van der Waals surface area contributed by atoms with Crippen LogP contribution in [0.1, 0.15) is 24.4 Å². The van der Waals surface area contributed by atoms with E-state index in [4.69, 9.17) is 4.42 Å². The highest BCUT2D eigenvalue weighted by Crippen LogP contribution is 2.13. The third kappa shape index (κ3) is 3.77. The molecule has 0 aliphatic carbocycles. The summed E-state index contributed by atoms with van der Waals surface area (Å²) in [5.41, 5.74) is 4.57. The summed E-state index contributed by atoms with van der Waals surface area (Å²) in [6.07, 6.45) is 0. The molecule has 0 unspecified atom stereocenters. The van der Waals surface area contributed by atoms with Crippen molar-refractivity contribution in [3.8, 4) is 0 Å². The van der Waals surface area contributed by atoms with Gasteiger partial charge in [-0.2, -0.15) is 0 Å². The van der Waals surface area contributed by atoms with Crippen molar-refractivity contribution in [3.05, 3.63) is 22.6 Å². The zero-order valence-electron chi connectivity index (χ0n) is 9.62. The average molecular weight is 304 g/mol. The van der Waals surface area contributed by atoms with Crippen LogP contribution in [0.2, 0.25) is 0 Å². The maximum Gasteiger partial charge on any atom is 0.336 e. The summed E-state index contributed by atoms with van der Waals surface area (Å²) in [7, 11) is 0. The minimum Gasteiger partial charge on any atom is -0.444 e. The molecule has 17 heavy (non-hydrogen) atoms. The van der Waals surface area contributed by atoms with E-state index in [1.54, 1.807) is 11.0 Å². The summed E-state index contributed by atoms with van der Waals surface area (Å²) in [5, 5.41) is 0. The van der Waals surface area contributed by atoms with Crippen molar-refractivity contribution in [1.82, 2.24) is 15.8 Å². The molecule has 0 saturated heterocycles. The lowest BCUT2D eigenvalue weighted by molar-refractivity contribution is 0.0901. The van der Waals surface area contributed by atoms with E-state index < -0.39 is 5.91 Å². The first-order chi connectivity index (χ1) is 8.08. The highest BCUT2D eigenvalue weighted by atomic mass is 79.9. The molecule has 0 aromatic carbocycles. The number of hydrogen-bond donors (Lipinski definition) is 2. The lowest BCUT2D eigenvalue weighted by Crippen LogP contribution is -2.48. The van der Waals surface area contributed by atoms with Crippen LogP contribution in [0, 0.1) is 0 Å². The number of furan rings is 1. The minimum absolute atomic E-state index is 0.122. The zero-order chi connectivity index (χ0) is 12.8. The fourth-order valence-corrected chi connectivity index (χ4v) is 1.50. The van der Waals surface area contributed by atoms with E-state index in [1.165, 1.54) is 6.07 Å². The second-order valence-corrected chi connectivity index (χ2v) is 3.94. The summed E-state index contributed by atoms with van der Waals surface area (Å²) < 4.78 is 5.49. The summed E-state index contributed by atoms with van der Waals surface area (Å²) in [6.45, 7) is 4.86. The topological polar surface area (TPSA) is 74.6 Å². The Morgan fingerprint density at radius 1 is 1.29 bits per heavy atom. The second-order valence-electron chi connectivity index (χ2n) is 3.16. The van der Waals surface area contributed by atoms with Gasteiger partial charge in [0.25, 0.3) is 0 Å². The van der Waals surface area contributed by atoms with Gasteiger partial charge in [0.1, 0.15) is 0 Å². The highest BCUT2D eigenvalue weighted by Gasteiger charge is 2.13. The Kier molecular flexibility index (Phi) is 5.02.